The predicted octanol–water partition coefficient (Wildman–Crippen LogP) is 10.1. The molecule has 0 aliphatic carbocycles. The average Bonchev–Trinajstić information content (AvgIpc) is 3.07. The van der Waals surface area contributed by atoms with Crippen molar-refractivity contribution >= 4 is 13.7 Å². The van der Waals surface area contributed by atoms with Gasteiger partial charge in [-0.25, -0.2) is 0 Å². The summed E-state index contributed by atoms with van der Waals surface area (Å²) in [5.41, 5.74) is 0. The third-order valence-corrected chi connectivity index (χ3v) is 9.48. The summed E-state index contributed by atoms with van der Waals surface area (Å²) in [7, 11) is 1.27. The van der Waals surface area contributed by atoms with Gasteiger partial charge in [0.15, 0.2) is 0 Å². The summed E-state index contributed by atoms with van der Waals surface area (Å²) >= 11 is 0. The van der Waals surface area contributed by atoms with Gasteiger partial charge >= 0.3 is 0 Å². The zero-order valence-electron chi connectivity index (χ0n) is 33.3. The number of nitrogens with one attached hydrogen (secondary N) is 1. The molecule has 0 radical (unpaired) electrons. The predicted molar refractivity (Wildman–Crippen MR) is 214 cm³/mol. The second-order valence-electron chi connectivity index (χ2n) is 14.6. The Morgan fingerprint density at radius 1 is 0.706 bits per heavy atom. The molecule has 0 aliphatic heterocycles. The van der Waals surface area contributed by atoms with Crippen molar-refractivity contribution in [2.24, 2.45) is 0 Å². The Morgan fingerprint density at radius 3 is 1.73 bits per heavy atom. The topological polar surface area (TPSA) is 108 Å². The highest BCUT2D eigenvalue weighted by Gasteiger charge is 2.24. The number of unbranched alkanes of at least 4 members (excludes halogenated alkanes) is 12. The number of quaternary nitrogens is 1. The van der Waals surface area contributed by atoms with Crippen LogP contribution >= 0.6 is 7.82 Å². The minimum absolute atomic E-state index is 0.00207. The molecule has 0 saturated carbocycles. The molecule has 296 valence electrons. The summed E-state index contributed by atoms with van der Waals surface area (Å²) < 4.78 is 23.1. The van der Waals surface area contributed by atoms with Crippen LogP contribution in [0.4, 0.5) is 0 Å². The molecule has 8 nitrogen and oxygen atoms in total. The van der Waals surface area contributed by atoms with Crippen LogP contribution in [0, 0.1) is 0 Å². The molecular weight excluding hydrogens is 659 g/mol. The highest BCUT2D eigenvalue weighted by Crippen LogP contribution is 2.38. The summed E-state index contributed by atoms with van der Waals surface area (Å²) in [5, 5.41) is 13.8. The van der Waals surface area contributed by atoms with Crippen LogP contribution in [0.5, 0.6) is 0 Å². The molecule has 1 amide bonds. The maximum atomic E-state index is 12.8. The Labute approximate surface area is 313 Å². The number of phosphoric ester groups is 1. The molecule has 0 aromatic heterocycles. The molecule has 9 heteroatoms. The SMILES string of the molecule is CC/C=C\C/C=C\C/C=C\C/C=C\C/C=C\CCCCCC(=O)NC(COP(=O)([O-])OCC[N+](C)(C)C)C(O)CCCCCCCCCCCC. The lowest BCUT2D eigenvalue weighted by atomic mass is 10.0. The number of carbonyl (C=O) groups excluding carboxylic acids is 1. The van der Waals surface area contributed by atoms with Crippen molar-refractivity contribution < 1.29 is 32.9 Å². The van der Waals surface area contributed by atoms with E-state index in [1.807, 2.05) is 21.1 Å². The Kier molecular flexibility index (Phi) is 32.8. The number of nitrogens with zero attached hydrogens (tertiary/aromatic N) is 1. The fourth-order valence-electron chi connectivity index (χ4n) is 5.30. The van der Waals surface area contributed by atoms with E-state index in [4.69, 9.17) is 9.05 Å². The molecule has 2 N–H and O–H groups in total. The summed E-state index contributed by atoms with van der Waals surface area (Å²) in [6.07, 6.45) is 42.2. The van der Waals surface area contributed by atoms with Gasteiger partial charge in [-0.1, -0.05) is 145 Å². The van der Waals surface area contributed by atoms with Crippen LogP contribution in [0.25, 0.3) is 0 Å². The van der Waals surface area contributed by atoms with Crippen molar-refractivity contribution in [3.8, 4) is 0 Å². The molecule has 0 rings (SSSR count). The second kappa shape index (κ2) is 34.0. The normalized spacial score (nSPS) is 15.2. The van der Waals surface area contributed by atoms with Gasteiger partial charge in [-0.2, -0.15) is 0 Å². The van der Waals surface area contributed by atoms with Gasteiger partial charge in [-0.3, -0.25) is 9.36 Å². The lowest BCUT2D eigenvalue weighted by molar-refractivity contribution is -0.870. The maximum absolute atomic E-state index is 12.8. The van der Waals surface area contributed by atoms with Crippen LogP contribution in [0.1, 0.15) is 149 Å². The van der Waals surface area contributed by atoms with E-state index in [9.17, 15) is 19.4 Å². The standard InChI is InChI=1S/C42H77N2O6P/c1-6-8-10-12-14-16-18-19-20-21-22-23-24-25-26-28-30-32-34-36-42(46)43-40(39-50-51(47,48)49-38-37-44(3,4)5)41(45)35-33-31-29-27-17-15-13-11-9-7-2/h8,10,14,16,19-20,22-23,25-26,40-41,45H,6-7,9,11-13,15,17-18,21,24,27-39H2,1-5H3,(H-,43,46,47,48)/b10-8-,16-14-,20-19-,23-22-,26-25-. The fraction of sp³-hybridized carbons (Fsp3) is 0.738. The van der Waals surface area contributed by atoms with Gasteiger partial charge in [-0.15, -0.1) is 0 Å². The van der Waals surface area contributed by atoms with Gasteiger partial charge in [0.2, 0.25) is 5.91 Å². The minimum Gasteiger partial charge on any atom is -0.756 e. The molecule has 0 fully saturated rings. The third kappa shape index (κ3) is 36.4. The van der Waals surface area contributed by atoms with Crippen LogP contribution in [0.15, 0.2) is 60.8 Å². The van der Waals surface area contributed by atoms with Gasteiger partial charge in [0, 0.05) is 6.42 Å². The fourth-order valence-corrected chi connectivity index (χ4v) is 6.02. The molecular formula is C42H77N2O6P. The zero-order valence-corrected chi connectivity index (χ0v) is 34.2. The lowest BCUT2D eigenvalue weighted by Gasteiger charge is -2.30. The van der Waals surface area contributed by atoms with Gasteiger partial charge in [0.1, 0.15) is 13.2 Å². The number of aliphatic hydroxyl groups excluding tert-OH is 1. The van der Waals surface area contributed by atoms with E-state index in [2.05, 4.69) is 79.9 Å². The quantitative estimate of drug-likeness (QED) is 0.0290. The lowest BCUT2D eigenvalue weighted by Crippen LogP contribution is -2.46. The minimum atomic E-state index is -4.57. The number of aliphatic hydroxyl groups is 1. The van der Waals surface area contributed by atoms with Crippen LogP contribution in [0.2, 0.25) is 0 Å². The smallest absolute Gasteiger partial charge is 0.268 e. The largest absolute Gasteiger partial charge is 0.756 e. The number of rotatable bonds is 35. The van der Waals surface area contributed by atoms with E-state index < -0.39 is 20.0 Å². The van der Waals surface area contributed by atoms with E-state index in [-0.39, 0.29) is 19.1 Å². The van der Waals surface area contributed by atoms with Gasteiger partial charge in [-0.05, 0) is 57.8 Å². The van der Waals surface area contributed by atoms with Crippen molar-refractivity contribution in [2.45, 2.75) is 161 Å². The molecule has 0 aliphatic rings. The highest BCUT2D eigenvalue weighted by atomic mass is 31.2. The van der Waals surface area contributed by atoms with Crippen molar-refractivity contribution in [1.82, 2.24) is 5.32 Å². The Morgan fingerprint density at radius 2 is 1.20 bits per heavy atom. The van der Waals surface area contributed by atoms with Gasteiger partial charge in [0.05, 0.1) is 39.9 Å². The monoisotopic (exact) mass is 737 g/mol. The van der Waals surface area contributed by atoms with Crippen molar-refractivity contribution in [3.05, 3.63) is 60.8 Å². The molecule has 3 unspecified atom stereocenters. The molecule has 0 spiro atoms. The highest BCUT2D eigenvalue weighted by molar-refractivity contribution is 7.45. The van der Waals surface area contributed by atoms with Crippen LogP contribution < -0.4 is 10.2 Å². The van der Waals surface area contributed by atoms with Crippen molar-refractivity contribution in [2.75, 3.05) is 40.9 Å². The van der Waals surface area contributed by atoms with E-state index >= 15 is 0 Å². The number of amides is 1. The molecule has 0 aromatic carbocycles. The summed E-state index contributed by atoms with van der Waals surface area (Å²) in [6, 6.07) is -0.818. The molecule has 0 heterocycles. The number of hydrogen-bond acceptors (Lipinski definition) is 6. The van der Waals surface area contributed by atoms with Crippen molar-refractivity contribution in [1.29, 1.82) is 0 Å². The number of likely N-dealkylation sites (N-methyl/N-ethyl adjacent to an activating group) is 1. The number of carbonyl (C=O) groups is 1. The van der Waals surface area contributed by atoms with E-state index in [1.54, 1.807) is 0 Å². The van der Waals surface area contributed by atoms with E-state index in [0.29, 0.717) is 23.9 Å². The third-order valence-electron chi connectivity index (χ3n) is 8.52. The maximum Gasteiger partial charge on any atom is 0.268 e. The first-order chi connectivity index (χ1) is 24.5. The Hall–Kier alpha value is -1.80. The summed E-state index contributed by atoms with van der Waals surface area (Å²) in [5.74, 6) is -0.202. The first kappa shape index (κ1) is 49.2. The van der Waals surface area contributed by atoms with Crippen LogP contribution in [-0.4, -0.2) is 68.5 Å². The number of phosphoric acid groups is 1. The van der Waals surface area contributed by atoms with E-state index in [1.165, 1.54) is 44.9 Å². The first-order valence-corrected chi connectivity index (χ1v) is 21.6. The first-order valence-electron chi connectivity index (χ1n) is 20.1. The van der Waals surface area contributed by atoms with Crippen LogP contribution in [-0.2, 0) is 18.4 Å². The number of hydrogen-bond donors (Lipinski definition) is 2. The second-order valence-corrected chi connectivity index (χ2v) is 16.0. The van der Waals surface area contributed by atoms with Crippen LogP contribution in [0.3, 0.4) is 0 Å². The van der Waals surface area contributed by atoms with Gasteiger partial charge < -0.3 is 28.8 Å². The zero-order chi connectivity index (χ0) is 37.9. The van der Waals surface area contributed by atoms with Gasteiger partial charge in [0.25, 0.3) is 7.82 Å². The molecule has 0 bridgehead atoms. The molecule has 0 saturated heterocycles. The average molecular weight is 737 g/mol. The molecule has 3 atom stereocenters. The number of allylic oxidation sites excluding steroid dienone is 10. The van der Waals surface area contributed by atoms with Crippen molar-refractivity contribution in [3.63, 3.8) is 0 Å². The molecule has 51 heavy (non-hydrogen) atoms. The Bertz CT molecular complexity index is 1020. The summed E-state index contributed by atoms with van der Waals surface area (Å²) in [4.78, 5) is 25.2. The Balaban J connectivity index is 4.47. The molecule has 0 aromatic rings. The van der Waals surface area contributed by atoms with E-state index in [0.717, 1.165) is 77.0 Å². The summed E-state index contributed by atoms with van der Waals surface area (Å²) in [6.45, 7) is 4.53.